The van der Waals surface area contributed by atoms with Crippen molar-refractivity contribution in [1.29, 1.82) is 0 Å². The second-order valence-corrected chi connectivity index (χ2v) is 5.67. The van der Waals surface area contributed by atoms with Crippen LogP contribution in [0.15, 0.2) is 0 Å². The number of hydrogen-bond acceptors (Lipinski definition) is 4. The zero-order valence-electron chi connectivity index (χ0n) is 13.2. The molecule has 0 aromatic carbocycles. The highest BCUT2D eigenvalue weighted by atomic mass is 17.2. The SMILES string of the molecule is CCCCCCCCCCCCCCCC(OO)OO. The van der Waals surface area contributed by atoms with E-state index in [2.05, 4.69) is 16.7 Å². The van der Waals surface area contributed by atoms with Crippen LogP contribution in [0.2, 0.25) is 0 Å². The molecule has 0 aromatic rings. The van der Waals surface area contributed by atoms with Gasteiger partial charge in [-0.2, -0.15) is 0 Å². The predicted octanol–water partition coefficient (Wildman–Crippen LogP) is 5.77. The van der Waals surface area contributed by atoms with Crippen LogP contribution in [0, 0.1) is 0 Å². The summed E-state index contributed by atoms with van der Waals surface area (Å²) in [5.41, 5.74) is 0. The first-order chi connectivity index (χ1) is 9.85. The monoisotopic (exact) mass is 290 g/mol. The standard InChI is InChI=1S/C16H34O4/c1-2-3-4-5-6-7-8-9-10-11-12-13-14-15-16(19-17)20-18/h16-18H,2-15H2,1H3. The van der Waals surface area contributed by atoms with Crippen LogP contribution in [0.25, 0.3) is 0 Å². The maximum atomic E-state index is 8.33. The molecule has 2 N–H and O–H groups in total. The Morgan fingerprint density at radius 1 is 0.600 bits per heavy atom. The Hall–Kier alpha value is -0.160. The van der Waals surface area contributed by atoms with Crippen molar-refractivity contribution in [3.63, 3.8) is 0 Å². The summed E-state index contributed by atoms with van der Waals surface area (Å²) < 4.78 is 0. The van der Waals surface area contributed by atoms with Gasteiger partial charge in [0.1, 0.15) is 0 Å². The summed E-state index contributed by atoms with van der Waals surface area (Å²) >= 11 is 0. The van der Waals surface area contributed by atoms with Crippen LogP contribution in [0.4, 0.5) is 0 Å². The van der Waals surface area contributed by atoms with Crippen LogP contribution in [0.3, 0.4) is 0 Å². The van der Waals surface area contributed by atoms with Crippen molar-refractivity contribution in [3.05, 3.63) is 0 Å². The zero-order valence-corrected chi connectivity index (χ0v) is 13.2. The average Bonchev–Trinajstić information content (AvgIpc) is 2.48. The van der Waals surface area contributed by atoms with E-state index in [0.717, 1.165) is 12.8 Å². The van der Waals surface area contributed by atoms with Gasteiger partial charge in [0.25, 0.3) is 0 Å². The molecule has 0 bridgehead atoms. The van der Waals surface area contributed by atoms with Gasteiger partial charge in [0.2, 0.25) is 6.29 Å². The van der Waals surface area contributed by atoms with E-state index in [1.807, 2.05) is 0 Å². The van der Waals surface area contributed by atoms with Crippen LogP contribution in [-0.2, 0) is 9.78 Å². The highest BCUT2D eigenvalue weighted by Gasteiger charge is 2.07. The molecule has 0 spiro atoms. The average molecular weight is 290 g/mol. The lowest BCUT2D eigenvalue weighted by molar-refractivity contribution is -0.432. The van der Waals surface area contributed by atoms with Crippen LogP contribution in [-0.4, -0.2) is 16.8 Å². The fourth-order valence-electron chi connectivity index (χ4n) is 2.45. The van der Waals surface area contributed by atoms with Gasteiger partial charge >= 0.3 is 0 Å². The Kier molecular flexibility index (Phi) is 16.8. The summed E-state index contributed by atoms with van der Waals surface area (Å²) in [6.45, 7) is 2.26. The Bertz CT molecular complexity index is 172. The van der Waals surface area contributed by atoms with E-state index in [9.17, 15) is 0 Å². The molecule has 0 heterocycles. The van der Waals surface area contributed by atoms with E-state index in [0.29, 0.717) is 6.42 Å². The first-order valence-electron chi connectivity index (χ1n) is 8.45. The molecule has 4 heteroatoms. The molecule has 0 atom stereocenters. The lowest BCUT2D eigenvalue weighted by Crippen LogP contribution is -2.12. The van der Waals surface area contributed by atoms with E-state index in [1.54, 1.807) is 0 Å². The first-order valence-corrected chi connectivity index (χ1v) is 8.45. The summed E-state index contributed by atoms with van der Waals surface area (Å²) in [6, 6.07) is 0. The lowest BCUT2D eigenvalue weighted by atomic mass is 10.0. The second kappa shape index (κ2) is 16.9. The van der Waals surface area contributed by atoms with Gasteiger partial charge in [-0.25, -0.2) is 20.3 Å². The highest BCUT2D eigenvalue weighted by molar-refractivity contribution is 4.50. The van der Waals surface area contributed by atoms with Gasteiger partial charge in [0.05, 0.1) is 0 Å². The minimum absolute atomic E-state index is 0.532. The lowest BCUT2D eigenvalue weighted by Gasteiger charge is -2.08. The summed E-state index contributed by atoms with van der Waals surface area (Å²) in [6.07, 6.45) is 16.5. The normalized spacial score (nSPS) is 11.4. The summed E-state index contributed by atoms with van der Waals surface area (Å²) in [5, 5.41) is 16.7. The summed E-state index contributed by atoms with van der Waals surface area (Å²) in [4.78, 5) is 7.87. The van der Waals surface area contributed by atoms with Crippen LogP contribution in [0.5, 0.6) is 0 Å². The van der Waals surface area contributed by atoms with Crippen molar-refractivity contribution >= 4 is 0 Å². The molecule has 0 radical (unpaired) electrons. The van der Waals surface area contributed by atoms with Crippen molar-refractivity contribution in [1.82, 2.24) is 0 Å². The first kappa shape index (κ1) is 19.8. The summed E-state index contributed by atoms with van der Waals surface area (Å²) in [7, 11) is 0. The molecule has 0 aliphatic rings. The molecule has 0 aromatic heterocycles. The Balaban J connectivity index is 3.02. The molecule has 0 aliphatic heterocycles. The number of unbranched alkanes of at least 4 members (excludes halogenated alkanes) is 12. The molecule has 0 rings (SSSR count). The molecule has 0 unspecified atom stereocenters. The van der Waals surface area contributed by atoms with E-state index in [4.69, 9.17) is 10.5 Å². The Morgan fingerprint density at radius 2 is 0.950 bits per heavy atom. The molecule has 0 saturated carbocycles. The smallest absolute Gasteiger partial charge is 0.223 e. The minimum atomic E-state index is -0.886. The van der Waals surface area contributed by atoms with E-state index >= 15 is 0 Å². The van der Waals surface area contributed by atoms with Crippen LogP contribution in [0.1, 0.15) is 96.8 Å². The molecule has 0 aliphatic carbocycles. The fraction of sp³-hybridized carbons (Fsp3) is 1.00. The van der Waals surface area contributed by atoms with E-state index < -0.39 is 6.29 Å². The van der Waals surface area contributed by atoms with Crippen molar-refractivity contribution in [2.75, 3.05) is 0 Å². The fourth-order valence-corrected chi connectivity index (χ4v) is 2.45. The van der Waals surface area contributed by atoms with Gasteiger partial charge in [0, 0.05) is 6.42 Å². The maximum Gasteiger partial charge on any atom is 0.223 e. The van der Waals surface area contributed by atoms with Crippen molar-refractivity contribution in [2.45, 2.75) is 103 Å². The van der Waals surface area contributed by atoms with Gasteiger partial charge in [-0.05, 0) is 6.42 Å². The van der Waals surface area contributed by atoms with Crippen LogP contribution < -0.4 is 0 Å². The van der Waals surface area contributed by atoms with Gasteiger partial charge in [-0.1, -0.05) is 84.0 Å². The van der Waals surface area contributed by atoms with Gasteiger partial charge in [-0.15, -0.1) is 0 Å². The minimum Gasteiger partial charge on any atom is -0.249 e. The van der Waals surface area contributed by atoms with Gasteiger partial charge < -0.3 is 0 Å². The third kappa shape index (κ3) is 14.3. The highest BCUT2D eigenvalue weighted by Crippen LogP contribution is 2.13. The predicted molar refractivity (Wildman–Crippen MR) is 81.5 cm³/mol. The summed E-state index contributed by atoms with van der Waals surface area (Å²) in [5.74, 6) is 0. The third-order valence-corrected chi connectivity index (χ3v) is 3.78. The Labute approximate surface area is 124 Å². The molecule has 0 saturated heterocycles. The molecule has 4 nitrogen and oxygen atoms in total. The van der Waals surface area contributed by atoms with Crippen molar-refractivity contribution < 1.29 is 20.3 Å². The molecule has 0 fully saturated rings. The third-order valence-electron chi connectivity index (χ3n) is 3.78. The largest absolute Gasteiger partial charge is 0.249 e. The van der Waals surface area contributed by atoms with Crippen molar-refractivity contribution in [3.8, 4) is 0 Å². The number of rotatable bonds is 16. The van der Waals surface area contributed by atoms with Crippen molar-refractivity contribution in [2.24, 2.45) is 0 Å². The van der Waals surface area contributed by atoms with E-state index in [1.165, 1.54) is 70.6 Å². The molecule has 0 amide bonds. The molecular formula is C16H34O4. The van der Waals surface area contributed by atoms with Crippen LogP contribution >= 0.6 is 0 Å². The van der Waals surface area contributed by atoms with Gasteiger partial charge in [0.15, 0.2) is 0 Å². The van der Waals surface area contributed by atoms with Gasteiger partial charge in [-0.3, -0.25) is 0 Å². The van der Waals surface area contributed by atoms with E-state index in [-0.39, 0.29) is 0 Å². The molecular weight excluding hydrogens is 256 g/mol. The second-order valence-electron chi connectivity index (χ2n) is 5.67. The topological polar surface area (TPSA) is 58.9 Å². The molecule has 20 heavy (non-hydrogen) atoms. The zero-order chi connectivity index (χ0) is 14.9. The maximum absolute atomic E-state index is 8.33. The molecule has 122 valence electrons. The number of hydrogen-bond donors (Lipinski definition) is 2. The quantitative estimate of drug-likeness (QED) is 0.164. The Morgan fingerprint density at radius 3 is 1.30 bits per heavy atom.